The molecule has 1 saturated heterocycles. The molecule has 0 saturated carbocycles. The van der Waals surface area contributed by atoms with Gasteiger partial charge in [0.1, 0.15) is 5.60 Å². The topological polar surface area (TPSA) is 110 Å². The number of halogens is 2. The van der Waals surface area contributed by atoms with Crippen molar-refractivity contribution in [2.75, 3.05) is 18.4 Å². The van der Waals surface area contributed by atoms with Crippen LogP contribution >= 0.6 is 23.2 Å². The number of hydrogen-bond donors (Lipinski definition) is 1. The van der Waals surface area contributed by atoms with E-state index in [2.05, 4.69) is 15.3 Å². The van der Waals surface area contributed by atoms with E-state index in [4.69, 9.17) is 27.9 Å². The minimum Gasteiger partial charge on any atom is -0.444 e. The van der Waals surface area contributed by atoms with E-state index in [0.29, 0.717) is 25.9 Å². The number of carbonyl (C=O) groups is 1. The molecule has 1 aliphatic heterocycles. The van der Waals surface area contributed by atoms with Crippen LogP contribution in [0.2, 0.25) is 10.4 Å². The van der Waals surface area contributed by atoms with Gasteiger partial charge in [-0.05, 0) is 45.2 Å². The van der Waals surface area contributed by atoms with Gasteiger partial charge in [0.15, 0.2) is 0 Å². The van der Waals surface area contributed by atoms with Gasteiger partial charge in [-0.15, -0.1) is 0 Å². The summed E-state index contributed by atoms with van der Waals surface area (Å²) in [4.78, 5) is 31.6. The molecule has 1 aromatic rings. The van der Waals surface area contributed by atoms with E-state index < -0.39 is 16.2 Å². The highest BCUT2D eigenvalue weighted by Crippen LogP contribution is 2.32. The van der Waals surface area contributed by atoms with Crippen LogP contribution in [-0.4, -0.2) is 50.6 Å². The second kappa shape index (κ2) is 7.57. The van der Waals surface area contributed by atoms with Crippen LogP contribution in [-0.2, 0) is 4.74 Å². The van der Waals surface area contributed by atoms with Crippen LogP contribution in [0.15, 0.2) is 0 Å². The molecule has 0 atom stereocenters. The highest BCUT2D eigenvalue weighted by atomic mass is 35.5. The first-order valence-corrected chi connectivity index (χ1v) is 8.44. The molecule has 0 spiro atoms. The lowest BCUT2D eigenvalue weighted by Gasteiger charge is -2.33. The molecule has 1 aromatic heterocycles. The summed E-state index contributed by atoms with van der Waals surface area (Å²) < 4.78 is 5.33. The van der Waals surface area contributed by atoms with Crippen molar-refractivity contribution in [1.29, 1.82) is 0 Å². The van der Waals surface area contributed by atoms with Gasteiger partial charge in [0.2, 0.25) is 16.3 Å². The fraction of sp³-hybridized carbons (Fsp3) is 0.643. The first-order valence-electron chi connectivity index (χ1n) is 7.68. The molecule has 1 aliphatic rings. The van der Waals surface area contributed by atoms with E-state index in [0.717, 1.165) is 0 Å². The second-order valence-electron chi connectivity index (χ2n) is 6.62. The highest BCUT2D eigenvalue weighted by Gasteiger charge is 2.30. The monoisotopic (exact) mass is 391 g/mol. The Hall–Kier alpha value is -1.87. The molecule has 0 bridgehead atoms. The maximum atomic E-state index is 12.0. The molecule has 9 nitrogen and oxygen atoms in total. The lowest BCUT2D eigenvalue weighted by atomic mass is 10.1. The van der Waals surface area contributed by atoms with E-state index in [1.165, 1.54) is 0 Å². The Labute approximate surface area is 154 Å². The van der Waals surface area contributed by atoms with Gasteiger partial charge in [-0.25, -0.2) is 4.79 Å². The molecule has 1 N–H and O–H groups in total. The van der Waals surface area contributed by atoms with Crippen LogP contribution in [0.1, 0.15) is 33.6 Å². The van der Waals surface area contributed by atoms with Crippen molar-refractivity contribution >= 4 is 40.8 Å². The molecule has 1 fully saturated rings. The van der Waals surface area contributed by atoms with Crippen molar-refractivity contribution in [2.45, 2.75) is 45.3 Å². The summed E-state index contributed by atoms with van der Waals surface area (Å²) >= 11 is 11.5. The van der Waals surface area contributed by atoms with Gasteiger partial charge >= 0.3 is 11.8 Å². The third kappa shape index (κ3) is 5.30. The molecule has 25 heavy (non-hydrogen) atoms. The predicted molar refractivity (Wildman–Crippen MR) is 93.2 cm³/mol. The second-order valence-corrected chi connectivity index (χ2v) is 7.32. The maximum Gasteiger partial charge on any atom is 0.410 e. The average molecular weight is 392 g/mol. The lowest BCUT2D eigenvalue weighted by Crippen LogP contribution is -2.44. The molecule has 1 amide bonds. The van der Waals surface area contributed by atoms with Crippen molar-refractivity contribution < 1.29 is 14.5 Å². The number of rotatable bonds is 3. The zero-order valence-corrected chi connectivity index (χ0v) is 15.6. The number of aromatic nitrogens is 2. The molecule has 0 aliphatic carbocycles. The number of likely N-dealkylation sites (tertiary alicyclic amines) is 1. The Morgan fingerprint density at radius 2 is 1.92 bits per heavy atom. The van der Waals surface area contributed by atoms with Crippen molar-refractivity contribution in [3.05, 3.63) is 20.6 Å². The van der Waals surface area contributed by atoms with Gasteiger partial charge in [-0.3, -0.25) is 10.1 Å². The minimum atomic E-state index is -0.656. The number of nitrogens with one attached hydrogen (secondary N) is 1. The van der Waals surface area contributed by atoms with Gasteiger partial charge in [-0.2, -0.15) is 9.97 Å². The quantitative estimate of drug-likeness (QED) is 0.363. The van der Waals surface area contributed by atoms with Gasteiger partial charge in [0.25, 0.3) is 0 Å². The summed E-state index contributed by atoms with van der Waals surface area (Å²) in [7, 11) is 0. The number of hydrogen-bond acceptors (Lipinski definition) is 7. The van der Waals surface area contributed by atoms with Crippen LogP contribution in [0.3, 0.4) is 0 Å². The Bertz CT molecular complexity index is 672. The summed E-state index contributed by atoms with van der Waals surface area (Å²) in [5.74, 6) is -0.0225. The zero-order valence-electron chi connectivity index (χ0n) is 14.1. The molecule has 0 radical (unpaired) electrons. The third-order valence-corrected chi connectivity index (χ3v) is 3.92. The van der Waals surface area contributed by atoms with Crippen LogP contribution in [0.25, 0.3) is 0 Å². The van der Waals surface area contributed by atoms with Gasteiger partial charge in [0.05, 0.1) is 4.92 Å². The van der Waals surface area contributed by atoms with Gasteiger partial charge in [-0.1, -0.05) is 11.6 Å². The smallest absolute Gasteiger partial charge is 0.410 e. The summed E-state index contributed by atoms with van der Waals surface area (Å²) in [6, 6.07) is -0.112. The third-order valence-electron chi connectivity index (χ3n) is 3.48. The normalized spacial score (nSPS) is 15.8. The van der Waals surface area contributed by atoms with Crippen molar-refractivity contribution in [2.24, 2.45) is 0 Å². The number of piperidine rings is 1. The highest BCUT2D eigenvalue weighted by molar-refractivity contribution is 6.33. The number of ether oxygens (including phenoxy) is 1. The summed E-state index contributed by atoms with van der Waals surface area (Å²) in [6.45, 7) is 6.35. The largest absolute Gasteiger partial charge is 0.444 e. The van der Waals surface area contributed by atoms with Gasteiger partial charge < -0.3 is 15.0 Å². The summed E-state index contributed by atoms with van der Waals surface area (Å²) in [5.41, 5.74) is -0.970. The number of carbonyl (C=O) groups excluding carboxylic acids is 1. The Kier molecular flexibility index (Phi) is 5.89. The number of nitrogens with zero attached hydrogens (tertiary/aromatic N) is 4. The molecule has 0 aromatic carbocycles. The Balaban J connectivity index is 2.01. The maximum absolute atomic E-state index is 12.0. The van der Waals surface area contributed by atoms with Crippen molar-refractivity contribution in [3.63, 3.8) is 0 Å². The fourth-order valence-electron chi connectivity index (χ4n) is 2.39. The number of nitro groups is 1. The summed E-state index contributed by atoms with van der Waals surface area (Å²) in [5, 5.41) is 13.6. The molecule has 2 heterocycles. The number of anilines is 1. The molecule has 11 heteroatoms. The lowest BCUT2D eigenvalue weighted by molar-refractivity contribution is -0.384. The van der Waals surface area contributed by atoms with Crippen LogP contribution < -0.4 is 5.32 Å². The van der Waals surface area contributed by atoms with Crippen LogP contribution in [0.4, 0.5) is 16.3 Å². The average Bonchev–Trinajstić information content (AvgIpc) is 2.44. The molecular weight excluding hydrogens is 373 g/mol. The predicted octanol–water partition coefficient (Wildman–Crippen LogP) is 3.50. The fourth-order valence-corrected chi connectivity index (χ4v) is 2.84. The standard InChI is InChI=1S/C14H19Cl2N5O4/c1-14(2,3)25-13(22)20-6-4-8(5-7-20)17-11-9(21(23)24)10(15)18-12(16)19-11/h8H,4-7H2,1-3H3,(H,17,18,19). The van der Waals surface area contributed by atoms with E-state index in [1.807, 2.05) is 0 Å². The van der Waals surface area contributed by atoms with Crippen molar-refractivity contribution in [3.8, 4) is 0 Å². The SMILES string of the molecule is CC(C)(C)OC(=O)N1CCC(Nc2nc(Cl)nc(Cl)c2[N+](=O)[O-])CC1. The summed E-state index contributed by atoms with van der Waals surface area (Å²) in [6.07, 6.45) is 0.788. The van der Waals surface area contributed by atoms with E-state index in [-0.39, 0.29) is 28.4 Å². The molecule has 2 rings (SSSR count). The van der Waals surface area contributed by atoms with Gasteiger partial charge in [0, 0.05) is 19.1 Å². The Morgan fingerprint density at radius 3 is 2.44 bits per heavy atom. The van der Waals surface area contributed by atoms with E-state index >= 15 is 0 Å². The van der Waals surface area contributed by atoms with E-state index in [1.54, 1.807) is 25.7 Å². The van der Waals surface area contributed by atoms with Crippen LogP contribution in [0.5, 0.6) is 0 Å². The van der Waals surface area contributed by atoms with Crippen molar-refractivity contribution in [1.82, 2.24) is 14.9 Å². The van der Waals surface area contributed by atoms with Crippen LogP contribution in [0, 0.1) is 10.1 Å². The first kappa shape index (κ1) is 19.5. The first-order chi connectivity index (χ1) is 11.6. The number of amides is 1. The molecular formula is C14H19Cl2N5O4. The Morgan fingerprint density at radius 1 is 1.32 bits per heavy atom. The minimum absolute atomic E-state index is 0.0225. The molecule has 0 unspecified atom stereocenters. The van der Waals surface area contributed by atoms with E-state index in [9.17, 15) is 14.9 Å². The molecule has 138 valence electrons. The zero-order chi connectivity index (χ0) is 18.8.